The molecule has 0 radical (unpaired) electrons. The van der Waals surface area contributed by atoms with Crippen molar-refractivity contribution in [2.45, 2.75) is 58.5 Å². The van der Waals surface area contributed by atoms with Gasteiger partial charge in [0.15, 0.2) is 0 Å². The van der Waals surface area contributed by atoms with Crippen LogP contribution in [0.2, 0.25) is 39.3 Å². The maximum Gasteiger partial charge on any atom is 0.292 e. The van der Waals surface area contributed by atoms with Crippen LogP contribution in [0.1, 0.15) is 18.4 Å². The number of hydrogen-bond donors (Lipinski definition) is 0. The van der Waals surface area contributed by atoms with Crippen molar-refractivity contribution in [3.63, 3.8) is 0 Å². The van der Waals surface area contributed by atoms with Gasteiger partial charge in [-0.1, -0.05) is 12.1 Å². The molecule has 21 heavy (non-hydrogen) atoms. The fraction of sp³-hybridized carbons (Fsp3) is 0.562. The fourth-order valence-electron chi connectivity index (χ4n) is 1.95. The zero-order chi connectivity index (χ0) is 16.1. The third-order valence-electron chi connectivity index (χ3n) is 2.59. The lowest BCUT2D eigenvalue weighted by Gasteiger charge is -2.19. The van der Waals surface area contributed by atoms with E-state index in [0.29, 0.717) is 6.42 Å². The first-order valence-corrected chi connectivity index (χ1v) is 14.4. The molecule has 118 valence electrons. The van der Waals surface area contributed by atoms with Gasteiger partial charge < -0.3 is 8.85 Å². The molecule has 0 aliphatic heterocycles. The van der Waals surface area contributed by atoms with Crippen LogP contribution in [-0.2, 0) is 15.6 Å². The van der Waals surface area contributed by atoms with Crippen molar-refractivity contribution in [1.82, 2.24) is 0 Å². The van der Waals surface area contributed by atoms with Gasteiger partial charge >= 0.3 is 0 Å². The first-order valence-electron chi connectivity index (χ1n) is 7.55. The Morgan fingerprint density at radius 1 is 1.05 bits per heavy atom. The number of hydrogen-bond acceptors (Lipinski definition) is 3. The standard InChI is InChI=1S/C16H28O3Si2/c1-20(2,3)18-15-11-7-9-14(13-15)10-8-12-16(17)19-21(4,5)6/h7,9,11,13H,8,10,12H2,1-6H3. The van der Waals surface area contributed by atoms with Gasteiger partial charge in [0.2, 0.25) is 16.6 Å². The van der Waals surface area contributed by atoms with E-state index < -0.39 is 16.6 Å². The average molecular weight is 325 g/mol. The second kappa shape index (κ2) is 7.27. The van der Waals surface area contributed by atoms with Crippen LogP contribution in [0.4, 0.5) is 0 Å². The predicted octanol–water partition coefficient (Wildman–Crippen LogP) is 4.60. The molecule has 0 unspecified atom stereocenters. The molecule has 1 rings (SSSR count). The first-order chi connectivity index (χ1) is 9.55. The molecule has 0 fully saturated rings. The molecule has 3 nitrogen and oxygen atoms in total. The summed E-state index contributed by atoms with van der Waals surface area (Å²) < 4.78 is 11.4. The highest BCUT2D eigenvalue weighted by molar-refractivity contribution is 6.71. The lowest BCUT2D eigenvalue weighted by Crippen LogP contribution is -2.29. The van der Waals surface area contributed by atoms with E-state index in [0.717, 1.165) is 18.6 Å². The normalized spacial score (nSPS) is 12.1. The van der Waals surface area contributed by atoms with Gasteiger partial charge in [0.05, 0.1) is 0 Å². The number of carbonyl (C=O) groups excluding carboxylic acids is 1. The molecule has 0 aromatic heterocycles. The van der Waals surface area contributed by atoms with E-state index in [-0.39, 0.29) is 5.97 Å². The van der Waals surface area contributed by atoms with Crippen LogP contribution in [0.25, 0.3) is 0 Å². The van der Waals surface area contributed by atoms with Crippen molar-refractivity contribution in [1.29, 1.82) is 0 Å². The van der Waals surface area contributed by atoms with E-state index in [2.05, 4.69) is 31.8 Å². The summed E-state index contributed by atoms with van der Waals surface area (Å²) in [6.07, 6.45) is 2.19. The summed E-state index contributed by atoms with van der Waals surface area (Å²) in [4.78, 5) is 11.7. The van der Waals surface area contributed by atoms with Crippen LogP contribution in [0, 0.1) is 0 Å². The molecule has 1 aromatic rings. The van der Waals surface area contributed by atoms with Gasteiger partial charge in [-0.25, -0.2) is 0 Å². The zero-order valence-corrected chi connectivity index (χ0v) is 16.2. The summed E-state index contributed by atoms with van der Waals surface area (Å²) >= 11 is 0. The Morgan fingerprint density at radius 2 is 1.71 bits per heavy atom. The molecular formula is C16H28O3Si2. The molecule has 0 N–H and O–H groups in total. The van der Waals surface area contributed by atoms with Gasteiger partial charge in [-0.05, 0) is 69.8 Å². The van der Waals surface area contributed by atoms with Crippen LogP contribution in [0.15, 0.2) is 24.3 Å². The third kappa shape index (κ3) is 8.73. The summed E-state index contributed by atoms with van der Waals surface area (Å²) in [7, 11) is -3.32. The van der Waals surface area contributed by atoms with Crippen LogP contribution in [0.3, 0.4) is 0 Å². The van der Waals surface area contributed by atoms with Crippen LogP contribution < -0.4 is 4.43 Å². The van der Waals surface area contributed by atoms with Crippen molar-refractivity contribution in [3.8, 4) is 5.75 Å². The number of aryl methyl sites for hydroxylation is 1. The summed E-state index contributed by atoms with van der Waals surface area (Å²) in [5.74, 6) is 0.875. The molecule has 0 bridgehead atoms. The topological polar surface area (TPSA) is 35.5 Å². The highest BCUT2D eigenvalue weighted by atomic mass is 28.4. The predicted molar refractivity (Wildman–Crippen MR) is 92.8 cm³/mol. The maximum atomic E-state index is 11.7. The van der Waals surface area contributed by atoms with E-state index in [1.807, 2.05) is 31.8 Å². The number of rotatable bonds is 7. The Morgan fingerprint density at radius 3 is 2.29 bits per heavy atom. The second-order valence-corrected chi connectivity index (χ2v) is 16.2. The molecule has 0 saturated heterocycles. The molecule has 0 aliphatic carbocycles. The largest absolute Gasteiger partial charge is 0.544 e. The van der Waals surface area contributed by atoms with E-state index in [9.17, 15) is 4.79 Å². The molecule has 0 spiro atoms. The highest BCUT2D eigenvalue weighted by Crippen LogP contribution is 2.19. The van der Waals surface area contributed by atoms with E-state index in [1.165, 1.54) is 5.56 Å². The Hall–Kier alpha value is -1.08. The highest BCUT2D eigenvalue weighted by Gasteiger charge is 2.19. The van der Waals surface area contributed by atoms with Gasteiger partial charge in [0, 0.05) is 6.42 Å². The Labute approximate surface area is 130 Å². The minimum Gasteiger partial charge on any atom is -0.544 e. The lowest BCUT2D eigenvalue weighted by atomic mass is 10.1. The first kappa shape index (κ1) is 18.0. The summed E-state index contributed by atoms with van der Waals surface area (Å²) in [5, 5.41) is 0. The SMILES string of the molecule is C[Si](C)(C)OC(=O)CCCc1cccc(O[Si](C)(C)C)c1. The number of benzene rings is 1. The van der Waals surface area contributed by atoms with Crippen LogP contribution in [-0.4, -0.2) is 22.6 Å². The molecule has 0 amide bonds. The quantitative estimate of drug-likeness (QED) is 0.688. The minimum absolute atomic E-state index is 0.0660. The van der Waals surface area contributed by atoms with Gasteiger partial charge in [0.25, 0.3) is 5.97 Å². The second-order valence-electron chi connectivity index (χ2n) is 7.30. The maximum absolute atomic E-state index is 11.7. The summed E-state index contributed by atoms with van der Waals surface area (Å²) in [6.45, 7) is 12.6. The smallest absolute Gasteiger partial charge is 0.292 e. The zero-order valence-electron chi connectivity index (χ0n) is 14.2. The molecular weight excluding hydrogens is 296 g/mol. The van der Waals surface area contributed by atoms with E-state index in [1.54, 1.807) is 0 Å². The third-order valence-corrected chi connectivity index (χ3v) is 4.28. The van der Waals surface area contributed by atoms with E-state index >= 15 is 0 Å². The molecule has 1 aromatic carbocycles. The Balaban J connectivity index is 2.46. The fourth-order valence-corrected chi connectivity index (χ4v) is 3.57. The lowest BCUT2D eigenvalue weighted by molar-refractivity contribution is -0.135. The van der Waals surface area contributed by atoms with Gasteiger partial charge in [-0.2, -0.15) is 0 Å². The van der Waals surface area contributed by atoms with Crippen molar-refractivity contribution in [3.05, 3.63) is 29.8 Å². The monoisotopic (exact) mass is 324 g/mol. The molecule has 0 aliphatic rings. The van der Waals surface area contributed by atoms with E-state index in [4.69, 9.17) is 8.85 Å². The molecule has 5 heteroatoms. The van der Waals surface area contributed by atoms with Gasteiger partial charge in [-0.3, -0.25) is 4.79 Å². The van der Waals surface area contributed by atoms with Crippen molar-refractivity contribution < 1.29 is 13.6 Å². The van der Waals surface area contributed by atoms with Crippen molar-refractivity contribution in [2.24, 2.45) is 0 Å². The van der Waals surface area contributed by atoms with Crippen LogP contribution >= 0.6 is 0 Å². The van der Waals surface area contributed by atoms with Crippen molar-refractivity contribution in [2.75, 3.05) is 0 Å². The molecule has 0 heterocycles. The average Bonchev–Trinajstić information content (AvgIpc) is 2.24. The minimum atomic E-state index is -1.75. The summed E-state index contributed by atoms with van der Waals surface area (Å²) in [6, 6.07) is 8.19. The molecule has 0 atom stereocenters. The molecule has 0 saturated carbocycles. The van der Waals surface area contributed by atoms with Gasteiger partial charge in [0.1, 0.15) is 5.75 Å². The van der Waals surface area contributed by atoms with Crippen molar-refractivity contribution >= 4 is 22.6 Å². The van der Waals surface area contributed by atoms with Crippen LogP contribution in [0.5, 0.6) is 5.75 Å². The number of carbonyl (C=O) groups is 1. The Kier molecular flexibility index (Phi) is 6.22. The summed E-state index contributed by atoms with van der Waals surface area (Å²) in [5.41, 5.74) is 1.21. The van der Waals surface area contributed by atoms with Gasteiger partial charge in [-0.15, -0.1) is 0 Å². The Bertz CT molecular complexity index is 473.